The fraction of sp³-hybridized carbons (Fsp3) is 0.500. The molecular formula is C20H26FN5O. The Morgan fingerprint density at radius 3 is 2.81 bits per heavy atom. The molecule has 7 heteroatoms. The Kier molecular flexibility index (Phi) is 4.63. The molecule has 2 aliphatic heterocycles. The third-order valence-electron chi connectivity index (χ3n) is 5.87. The molecule has 0 bridgehead atoms. The molecule has 0 unspecified atom stereocenters. The van der Waals surface area contributed by atoms with Gasteiger partial charge in [-0.05, 0) is 30.5 Å². The van der Waals surface area contributed by atoms with Crippen molar-refractivity contribution in [2.24, 2.45) is 11.8 Å². The summed E-state index contributed by atoms with van der Waals surface area (Å²) >= 11 is 0. The van der Waals surface area contributed by atoms with E-state index in [-0.39, 0.29) is 17.9 Å². The number of nitrogens with one attached hydrogen (secondary N) is 1. The standard InChI is InChI=1S/C20H26FN5O/c1-13-18(23-12-22-13)11-25-8-15-9-26(20(27)24(2)3)19(17(15)10-25)14-5-4-6-16(21)7-14/h4-7,12,15,17,19H,8-11H2,1-3H3,(H,22,23)/t15-,17-,19-/m1/s1. The number of nitrogens with zero attached hydrogens (tertiary/aromatic N) is 4. The average Bonchev–Trinajstić information content (AvgIpc) is 3.29. The van der Waals surface area contributed by atoms with Gasteiger partial charge in [0.25, 0.3) is 0 Å². The van der Waals surface area contributed by atoms with Crippen LogP contribution in [-0.2, 0) is 6.54 Å². The summed E-state index contributed by atoms with van der Waals surface area (Å²) in [7, 11) is 3.54. The number of urea groups is 1. The molecule has 0 spiro atoms. The summed E-state index contributed by atoms with van der Waals surface area (Å²) in [6.45, 7) is 5.36. The number of benzene rings is 1. The minimum atomic E-state index is -0.254. The van der Waals surface area contributed by atoms with E-state index in [1.165, 1.54) is 6.07 Å². The number of amides is 2. The van der Waals surface area contributed by atoms with Gasteiger partial charge in [0.2, 0.25) is 0 Å². The molecule has 0 saturated carbocycles. The summed E-state index contributed by atoms with van der Waals surface area (Å²) in [6, 6.07) is 6.60. The third-order valence-corrected chi connectivity index (χ3v) is 5.87. The van der Waals surface area contributed by atoms with Crippen LogP contribution < -0.4 is 0 Å². The fourth-order valence-corrected chi connectivity index (χ4v) is 4.60. The van der Waals surface area contributed by atoms with Crippen molar-refractivity contribution in [1.29, 1.82) is 0 Å². The molecule has 2 amide bonds. The number of carbonyl (C=O) groups excluding carboxylic acids is 1. The van der Waals surface area contributed by atoms with Crippen molar-refractivity contribution in [2.45, 2.75) is 19.5 Å². The van der Waals surface area contributed by atoms with E-state index in [1.54, 1.807) is 37.5 Å². The van der Waals surface area contributed by atoms with Gasteiger partial charge in [-0.3, -0.25) is 4.90 Å². The Morgan fingerprint density at radius 2 is 2.15 bits per heavy atom. The zero-order valence-electron chi connectivity index (χ0n) is 16.0. The highest BCUT2D eigenvalue weighted by Gasteiger charge is 2.49. The van der Waals surface area contributed by atoms with Gasteiger partial charge in [0.1, 0.15) is 5.82 Å². The average molecular weight is 371 g/mol. The van der Waals surface area contributed by atoms with E-state index < -0.39 is 0 Å². The molecule has 1 aromatic carbocycles. The number of halogens is 1. The number of aryl methyl sites for hydroxylation is 1. The van der Waals surface area contributed by atoms with Crippen LogP contribution in [0.25, 0.3) is 0 Å². The zero-order valence-corrected chi connectivity index (χ0v) is 16.0. The monoisotopic (exact) mass is 371 g/mol. The molecule has 144 valence electrons. The van der Waals surface area contributed by atoms with Gasteiger partial charge >= 0.3 is 6.03 Å². The summed E-state index contributed by atoms with van der Waals surface area (Å²) in [6.07, 6.45) is 1.73. The van der Waals surface area contributed by atoms with E-state index in [1.807, 2.05) is 17.9 Å². The van der Waals surface area contributed by atoms with E-state index in [9.17, 15) is 9.18 Å². The van der Waals surface area contributed by atoms with Gasteiger partial charge in [0.05, 0.1) is 18.1 Å². The van der Waals surface area contributed by atoms with E-state index in [4.69, 9.17) is 0 Å². The van der Waals surface area contributed by atoms with Crippen molar-refractivity contribution < 1.29 is 9.18 Å². The van der Waals surface area contributed by atoms with Gasteiger partial charge in [-0.15, -0.1) is 0 Å². The number of fused-ring (bicyclic) bond motifs is 1. The van der Waals surface area contributed by atoms with Crippen LogP contribution in [0.2, 0.25) is 0 Å². The van der Waals surface area contributed by atoms with Crippen molar-refractivity contribution in [3.63, 3.8) is 0 Å². The van der Waals surface area contributed by atoms with Crippen LogP contribution >= 0.6 is 0 Å². The van der Waals surface area contributed by atoms with Crippen molar-refractivity contribution in [2.75, 3.05) is 33.7 Å². The highest BCUT2D eigenvalue weighted by molar-refractivity contribution is 5.75. The van der Waals surface area contributed by atoms with Gasteiger partial charge in [0.15, 0.2) is 0 Å². The van der Waals surface area contributed by atoms with Crippen LogP contribution in [0.5, 0.6) is 0 Å². The molecule has 2 saturated heterocycles. The zero-order chi connectivity index (χ0) is 19.1. The number of likely N-dealkylation sites (tertiary alicyclic amines) is 2. The SMILES string of the molecule is Cc1[nH]cnc1CN1C[C@@H]2CN(C(=O)N(C)C)[C@H](c3cccc(F)c3)[C@@H]2C1. The van der Waals surface area contributed by atoms with Crippen LogP contribution in [0.3, 0.4) is 0 Å². The van der Waals surface area contributed by atoms with Crippen LogP contribution in [0.4, 0.5) is 9.18 Å². The second-order valence-corrected chi connectivity index (χ2v) is 7.92. The lowest BCUT2D eigenvalue weighted by Gasteiger charge is -2.31. The Labute approximate surface area is 159 Å². The third kappa shape index (κ3) is 3.32. The summed E-state index contributed by atoms with van der Waals surface area (Å²) in [5.74, 6) is 0.437. The maximum atomic E-state index is 13.9. The topological polar surface area (TPSA) is 55.5 Å². The molecule has 3 atom stereocenters. The van der Waals surface area contributed by atoms with E-state index >= 15 is 0 Å². The quantitative estimate of drug-likeness (QED) is 0.902. The first-order valence-corrected chi connectivity index (χ1v) is 9.38. The minimum Gasteiger partial charge on any atom is -0.348 e. The summed E-state index contributed by atoms with van der Waals surface area (Å²) in [5.41, 5.74) is 3.05. The first kappa shape index (κ1) is 18.0. The van der Waals surface area contributed by atoms with Crippen LogP contribution in [0, 0.1) is 24.6 Å². The largest absolute Gasteiger partial charge is 0.348 e. The van der Waals surface area contributed by atoms with Gasteiger partial charge in [-0.25, -0.2) is 14.2 Å². The van der Waals surface area contributed by atoms with Crippen molar-refractivity contribution in [1.82, 2.24) is 24.7 Å². The molecule has 1 aromatic heterocycles. The van der Waals surface area contributed by atoms with Crippen LogP contribution in [-0.4, -0.2) is 64.4 Å². The molecule has 2 fully saturated rings. The predicted octanol–water partition coefficient (Wildman–Crippen LogP) is 2.64. The van der Waals surface area contributed by atoms with Crippen LogP contribution in [0.1, 0.15) is 23.0 Å². The van der Waals surface area contributed by atoms with E-state index in [0.29, 0.717) is 18.4 Å². The predicted molar refractivity (Wildman–Crippen MR) is 101 cm³/mol. The Balaban J connectivity index is 1.59. The maximum Gasteiger partial charge on any atom is 0.320 e. The number of aromatic amines is 1. The number of hydrogen-bond donors (Lipinski definition) is 1. The van der Waals surface area contributed by atoms with Gasteiger partial charge in [-0.1, -0.05) is 12.1 Å². The number of hydrogen-bond acceptors (Lipinski definition) is 3. The molecule has 2 aliphatic rings. The van der Waals surface area contributed by atoms with E-state index in [2.05, 4.69) is 14.9 Å². The number of imidazole rings is 1. The lowest BCUT2D eigenvalue weighted by atomic mass is 9.89. The molecule has 0 radical (unpaired) electrons. The number of aromatic nitrogens is 2. The van der Waals surface area contributed by atoms with Gasteiger partial charge in [-0.2, -0.15) is 0 Å². The smallest absolute Gasteiger partial charge is 0.320 e. The first-order chi connectivity index (χ1) is 12.9. The number of carbonyl (C=O) groups is 1. The Bertz CT molecular complexity index is 835. The molecule has 3 heterocycles. The normalized spacial score (nSPS) is 25.0. The van der Waals surface area contributed by atoms with Crippen molar-refractivity contribution in [3.8, 4) is 0 Å². The molecule has 2 aromatic rings. The second kappa shape index (κ2) is 6.96. The van der Waals surface area contributed by atoms with Crippen molar-refractivity contribution in [3.05, 3.63) is 53.4 Å². The lowest BCUT2D eigenvalue weighted by molar-refractivity contribution is 0.151. The Morgan fingerprint density at radius 1 is 1.33 bits per heavy atom. The van der Waals surface area contributed by atoms with Crippen molar-refractivity contribution >= 4 is 6.03 Å². The summed E-state index contributed by atoms with van der Waals surface area (Å²) < 4.78 is 13.9. The second-order valence-electron chi connectivity index (χ2n) is 7.92. The van der Waals surface area contributed by atoms with E-state index in [0.717, 1.165) is 36.6 Å². The minimum absolute atomic E-state index is 0.00615. The molecule has 4 rings (SSSR count). The number of H-pyrrole nitrogens is 1. The molecule has 27 heavy (non-hydrogen) atoms. The van der Waals surface area contributed by atoms with Crippen LogP contribution in [0.15, 0.2) is 30.6 Å². The van der Waals surface area contributed by atoms with Gasteiger partial charge in [0, 0.05) is 51.9 Å². The summed E-state index contributed by atoms with van der Waals surface area (Å²) in [5, 5.41) is 0. The van der Waals surface area contributed by atoms with Gasteiger partial charge < -0.3 is 14.8 Å². The first-order valence-electron chi connectivity index (χ1n) is 9.38. The molecule has 1 N–H and O–H groups in total. The fourth-order valence-electron chi connectivity index (χ4n) is 4.60. The molecule has 0 aliphatic carbocycles. The Hall–Kier alpha value is -2.41. The highest BCUT2D eigenvalue weighted by Crippen LogP contribution is 2.45. The summed E-state index contributed by atoms with van der Waals surface area (Å²) in [4.78, 5) is 26.2. The molecule has 6 nitrogen and oxygen atoms in total. The lowest BCUT2D eigenvalue weighted by Crippen LogP contribution is -2.41. The number of rotatable bonds is 3. The molecular weight excluding hydrogens is 345 g/mol. The highest BCUT2D eigenvalue weighted by atomic mass is 19.1. The maximum absolute atomic E-state index is 13.9.